The van der Waals surface area contributed by atoms with Crippen molar-refractivity contribution in [1.82, 2.24) is 4.90 Å². The molecule has 0 amide bonds. The second kappa shape index (κ2) is 7.07. The van der Waals surface area contributed by atoms with Gasteiger partial charge in [0.15, 0.2) is 17.6 Å². The third kappa shape index (κ3) is 3.47. The number of hydrogen-bond donors (Lipinski definition) is 0. The zero-order valence-electron chi connectivity index (χ0n) is 13.5. The molecule has 2 aliphatic heterocycles. The Morgan fingerprint density at radius 3 is 2.65 bits per heavy atom. The van der Waals surface area contributed by atoms with Crippen molar-refractivity contribution in [2.24, 2.45) is 0 Å². The number of ether oxygens (including phenoxy) is 4. The molecule has 0 spiro atoms. The standard InChI is InChI=1S/C18H25NO4/c1-2-5-15-14(4-1)22-17-7-3-6-16(18(17)23-15)21-13-10-19-8-11-20-12-9-19/h1-2,4-5,16-18H,3,6-13H2. The van der Waals surface area contributed by atoms with Gasteiger partial charge in [0, 0.05) is 19.6 Å². The molecule has 1 aromatic carbocycles. The number of morpholine rings is 1. The molecule has 4 rings (SSSR count). The van der Waals surface area contributed by atoms with Crippen LogP contribution in [0.1, 0.15) is 19.3 Å². The molecule has 1 aliphatic carbocycles. The Morgan fingerprint density at radius 1 is 1.04 bits per heavy atom. The van der Waals surface area contributed by atoms with Gasteiger partial charge in [0.2, 0.25) is 0 Å². The van der Waals surface area contributed by atoms with Crippen LogP contribution in [0.2, 0.25) is 0 Å². The molecule has 0 bridgehead atoms. The smallest absolute Gasteiger partial charge is 0.161 e. The Balaban J connectivity index is 1.34. The van der Waals surface area contributed by atoms with Crippen molar-refractivity contribution in [3.8, 4) is 11.5 Å². The summed E-state index contributed by atoms with van der Waals surface area (Å²) in [5.41, 5.74) is 0. The van der Waals surface area contributed by atoms with Crippen molar-refractivity contribution < 1.29 is 18.9 Å². The molecule has 5 heteroatoms. The first-order chi connectivity index (χ1) is 11.4. The summed E-state index contributed by atoms with van der Waals surface area (Å²) in [7, 11) is 0. The highest BCUT2D eigenvalue weighted by Gasteiger charge is 2.40. The summed E-state index contributed by atoms with van der Waals surface area (Å²) in [6.07, 6.45) is 3.49. The largest absolute Gasteiger partial charge is 0.483 e. The van der Waals surface area contributed by atoms with E-state index in [9.17, 15) is 0 Å². The van der Waals surface area contributed by atoms with Gasteiger partial charge in [0.25, 0.3) is 0 Å². The SMILES string of the molecule is c1ccc2c(c1)OC1CCCC(OCCN3CCOCC3)C1O2. The van der Waals surface area contributed by atoms with Crippen LogP contribution in [0.25, 0.3) is 0 Å². The monoisotopic (exact) mass is 319 g/mol. The predicted octanol–water partition coefficient (Wildman–Crippen LogP) is 2.10. The number of rotatable bonds is 4. The van der Waals surface area contributed by atoms with Gasteiger partial charge < -0.3 is 18.9 Å². The third-order valence-corrected chi connectivity index (χ3v) is 4.94. The summed E-state index contributed by atoms with van der Waals surface area (Å²) >= 11 is 0. The predicted molar refractivity (Wildman–Crippen MR) is 86.1 cm³/mol. The van der Waals surface area contributed by atoms with Crippen LogP contribution < -0.4 is 9.47 Å². The van der Waals surface area contributed by atoms with Crippen LogP contribution >= 0.6 is 0 Å². The molecule has 23 heavy (non-hydrogen) atoms. The number of hydrogen-bond acceptors (Lipinski definition) is 5. The maximum Gasteiger partial charge on any atom is 0.161 e. The van der Waals surface area contributed by atoms with Gasteiger partial charge in [-0.05, 0) is 31.4 Å². The normalized spacial score (nSPS) is 30.7. The van der Waals surface area contributed by atoms with Crippen molar-refractivity contribution >= 4 is 0 Å². The Morgan fingerprint density at radius 2 is 1.83 bits per heavy atom. The summed E-state index contributed by atoms with van der Waals surface area (Å²) in [4.78, 5) is 2.40. The fraction of sp³-hybridized carbons (Fsp3) is 0.667. The van der Waals surface area contributed by atoms with Crippen molar-refractivity contribution in [2.45, 2.75) is 37.6 Å². The average molecular weight is 319 g/mol. The van der Waals surface area contributed by atoms with Gasteiger partial charge in [-0.15, -0.1) is 0 Å². The Labute approximate surface area is 137 Å². The zero-order chi connectivity index (χ0) is 15.5. The van der Waals surface area contributed by atoms with E-state index >= 15 is 0 Å². The van der Waals surface area contributed by atoms with Crippen LogP contribution in [0, 0.1) is 0 Å². The first kappa shape index (κ1) is 15.2. The molecule has 1 saturated carbocycles. The summed E-state index contributed by atoms with van der Waals surface area (Å²) < 4.78 is 23.9. The summed E-state index contributed by atoms with van der Waals surface area (Å²) in [5.74, 6) is 1.71. The van der Waals surface area contributed by atoms with Gasteiger partial charge in [-0.3, -0.25) is 4.90 Å². The lowest BCUT2D eigenvalue weighted by molar-refractivity contribution is -0.111. The van der Waals surface area contributed by atoms with Crippen molar-refractivity contribution in [3.63, 3.8) is 0 Å². The lowest BCUT2D eigenvalue weighted by Gasteiger charge is -2.41. The molecular formula is C18H25NO4. The second-order valence-corrected chi connectivity index (χ2v) is 6.48. The minimum Gasteiger partial charge on any atom is -0.483 e. The minimum absolute atomic E-state index is 0.0170. The van der Waals surface area contributed by atoms with Crippen LogP contribution in [0.15, 0.2) is 24.3 Å². The third-order valence-electron chi connectivity index (χ3n) is 4.94. The fourth-order valence-electron chi connectivity index (χ4n) is 3.66. The molecule has 3 unspecified atom stereocenters. The van der Waals surface area contributed by atoms with Gasteiger partial charge in [0.1, 0.15) is 6.10 Å². The lowest BCUT2D eigenvalue weighted by atomic mass is 9.91. The number of nitrogens with zero attached hydrogens (tertiary/aromatic N) is 1. The van der Waals surface area contributed by atoms with Gasteiger partial charge in [-0.2, -0.15) is 0 Å². The summed E-state index contributed by atoms with van der Waals surface area (Å²) in [5, 5.41) is 0. The van der Waals surface area contributed by atoms with E-state index < -0.39 is 0 Å². The van der Waals surface area contributed by atoms with Crippen LogP contribution in [0.4, 0.5) is 0 Å². The molecule has 2 fully saturated rings. The van der Waals surface area contributed by atoms with Crippen molar-refractivity contribution in [2.75, 3.05) is 39.5 Å². The molecule has 0 aromatic heterocycles. The molecular weight excluding hydrogens is 294 g/mol. The second-order valence-electron chi connectivity index (χ2n) is 6.48. The number of benzene rings is 1. The quantitative estimate of drug-likeness (QED) is 0.850. The number of para-hydroxylation sites is 2. The molecule has 0 N–H and O–H groups in total. The minimum atomic E-state index is 0.0170. The molecule has 3 aliphatic rings. The van der Waals surface area contributed by atoms with Crippen LogP contribution in [0.5, 0.6) is 11.5 Å². The van der Waals surface area contributed by atoms with E-state index in [-0.39, 0.29) is 18.3 Å². The molecule has 1 saturated heterocycles. The van der Waals surface area contributed by atoms with Crippen molar-refractivity contribution in [3.05, 3.63) is 24.3 Å². The number of fused-ring (bicyclic) bond motifs is 2. The molecule has 5 nitrogen and oxygen atoms in total. The Hall–Kier alpha value is -1.30. The van der Waals surface area contributed by atoms with E-state index in [0.29, 0.717) is 0 Å². The van der Waals surface area contributed by atoms with Crippen molar-refractivity contribution in [1.29, 1.82) is 0 Å². The Kier molecular flexibility index (Phi) is 4.69. The highest BCUT2D eigenvalue weighted by atomic mass is 16.6. The maximum atomic E-state index is 6.21. The van der Waals surface area contributed by atoms with Crippen LogP contribution in [0.3, 0.4) is 0 Å². The van der Waals surface area contributed by atoms with Crippen LogP contribution in [-0.4, -0.2) is 62.7 Å². The summed E-state index contributed by atoms with van der Waals surface area (Å²) in [6.45, 7) is 5.40. The average Bonchev–Trinajstić information content (AvgIpc) is 2.61. The van der Waals surface area contributed by atoms with E-state index in [2.05, 4.69) is 4.90 Å². The Bertz CT molecular complexity index is 517. The van der Waals surface area contributed by atoms with E-state index in [4.69, 9.17) is 18.9 Å². The maximum absolute atomic E-state index is 6.21. The first-order valence-electron chi connectivity index (χ1n) is 8.74. The van der Waals surface area contributed by atoms with Gasteiger partial charge in [-0.25, -0.2) is 0 Å². The lowest BCUT2D eigenvalue weighted by Crippen LogP contribution is -2.51. The zero-order valence-corrected chi connectivity index (χ0v) is 13.5. The first-order valence-corrected chi connectivity index (χ1v) is 8.74. The molecule has 126 valence electrons. The van der Waals surface area contributed by atoms with Gasteiger partial charge >= 0.3 is 0 Å². The molecule has 1 aromatic rings. The van der Waals surface area contributed by atoms with E-state index in [0.717, 1.165) is 70.2 Å². The van der Waals surface area contributed by atoms with Gasteiger partial charge in [0.05, 0.1) is 25.9 Å². The molecule has 0 radical (unpaired) electrons. The van der Waals surface area contributed by atoms with Gasteiger partial charge in [-0.1, -0.05) is 12.1 Å². The van der Waals surface area contributed by atoms with E-state index in [1.165, 1.54) is 0 Å². The molecule has 3 atom stereocenters. The van der Waals surface area contributed by atoms with Crippen LogP contribution in [-0.2, 0) is 9.47 Å². The highest BCUT2D eigenvalue weighted by molar-refractivity contribution is 5.41. The molecule has 2 heterocycles. The van der Waals surface area contributed by atoms with E-state index in [1.54, 1.807) is 0 Å². The topological polar surface area (TPSA) is 40.2 Å². The fourth-order valence-corrected chi connectivity index (χ4v) is 3.66. The summed E-state index contributed by atoms with van der Waals surface area (Å²) in [6, 6.07) is 7.93. The highest BCUT2D eigenvalue weighted by Crippen LogP contribution is 2.38. The van der Waals surface area contributed by atoms with E-state index in [1.807, 2.05) is 24.3 Å².